The Bertz CT molecular complexity index is 978. The number of para-hydroxylation sites is 2. The minimum Gasteiger partial charge on any atom is -0.429 e. The van der Waals surface area contributed by atoms with Crippen LogP contribution in [-0.2, 0) is 11.6 Å². The van der Waals surface area contributed by atoms with Crippen LogP contribution in [0.15, 0.2) is 65.5 Å². The van der Waals surface area contributed by atoms with Crippen LogP contribution < -0.4 is 15.2 Å². The van der Waals surface area contributed by atoms with Crippen molar-refractivity contribution >= 4 is 13.2 Å². The van der Waals surface area contributed by atoms with Crippen LogP contribution in [0, 0.1) is 6.92 Å². The zero-order valence-corrected chi connectivity index (χ0v) is 15.2. The summed E-state index contributed by atoms with van der Waals surface area (Å²) in [5, 5.41) is 2.81. The molecule has 25 heavy (non-hydrogen) atoms. The maximum Gasteiger partial charge on any atom is 0.338 e. The van der Waals surface area contributed by atoms with Crippen molar-refractivity contribution in [2.24, 2.45) is 7.05 Å². The smallest absolute Gasteiger partial charge is 0.338 e. The third-order valence-electron chi connectivity index (χ3n) is 3.89. The Kier molecular flexibility index (Phi) is 4.55. The first kappa shape index (κ1) is 17.1. The van der Waals surface area contributed by atoms with Crippen LogP contribution in [0.2, 0.25) is 0 Å². The Labute approximate surface area is 146 Å². The predicted molar refractivity (Wildman–Crippen MR) is 100.0 cm³/mol. The number of nitrogens with zero attached hydrogens (tertiary/aromatic N) is 2. The molecule has 3 rings (SSSR count). The number of anilines is 1. The highest BCUT2D eigenvalue weighted by Gasteiger charge is 2.24. The molecule has 3 aromatic rings. The van der Waals surface area contributed by atoms with E-state index in [0.29, 0.717) is 11.4 Å². The number of aromatic nitrogens is 2. The molecule has 1 N–H and O–H groups in total. The molecule has 0 aliphatic rings. The van der Waals surface area contributed by atoms with Crippen molar-refractivity contribution in [3.63, 3.8) is 0 Å². The maximum absolute atomic E-state index is 12.8. The van der Waals surface area contributed by atoms with Gasteiger partial charge in [-0.05, 0) is 31.2 Å². The van der Waals surface area contributed by atoms with E-state index in [9.17, 15) is 9.36 Å². The van der Waals surface area contributed by atoms with Crippen LogP contribution >= 0.6 is 7.52 Å². The normalized spacial score (nSPS) is 13.2. The molecule has 0 saturated heterocycles. The number of hydrogen-bond donors (Lipinski definition) is 1. The van der Waals surface area contributed by atoms with Crippen molar-refractivity contribution in [1.29, 1.82) is 0 Å². The third kappa shape index (κ3) is 3.54. The molecule has 0 aliphatic carbocycles. The Morgan fingerprint density at radius 3 is 2.16 bits per heavy atom. The highest BCUT2D eigenvalue weighted by Crippen LogP contribution is 2.43. The molecule has 7 heteroatoms. The van der Waals surface area contributed by atoms with Crippen LogP contribution in [0.5, 0.6) is 5.75 Å². The van der Waals surface area contributed by atoms with Crippen molar-refractivity contribution in [2.45, 2.75) is 6.92 Å². The molecule has 1 aromatic heterocycles. The van der Waals surface area contributed by atoms with Gasteiger partial charge in [0.2, 0.25) is 0 Å². The fourth-order valence-corrected chi connectivity index (χ4v) is 3.84. The summed E-state index contributed by atoms with van der Waals surface area (Å²) < 4.78 is 21.6. The fraction of sp³-hybridized carbons (Fsp3) is 0.167. The number of rotatable bonds is 5. The van der Waals surface area contributed by atoms with Crippen molar-refractivity contribution in [3.05, 3.63) is 76.7 Å². The third-order valence-corrected chi connectivity index (χ3v) is 5.08. The lowest BCUT2D eigenvalue weighted by Gasteiger charge is -2.16. The monoisotopic (exact) mass is 357 g/mol. The first-order valence-electron chi connectivity index (χ1n) is 7.83. The molecule has 0 radical (unpaired) electrons. The standard InChI is InChI=1S/C18H20N3O3P/c1-14-17(19-25(3,23)24-16-12-8-5-9-13-16)18(22)21(20(14)2)15-10-6-4-7-11-15/h4-13H,1-3H3,(H,19,23)/t25-/m1/s1. The summed E-state index contributed by atoms with van der Waals surface area (Å²) in [5.74, 6) is 0.484. The first-order valence-corrected chi connectivity index (χ1v) is 9.91. The van der Waals surface area contributed by atoms with E-state index < -0.39 is 7.52 Å². The average molecular weight is 357 g/mol. The molecule has 0 unspecified atom stereocenters. The van der Waals surface area contributed by atoms with Gasteiger partial charge in [-0.3, -0.25) is 19.1 Å². The zero-order chi connectivity index (χ0) is 18.0. The Hall–Kier alpha value is -2.72. The maximum atomic E-state index is 12.8. The second-order valence-corrected chi connectivity index (χ2v) is 7.90. The SMILES string of the molecule is Cc1c(N[P@](C)(=O)Oc2ccccc2)c(=O)n(-c2ccccc2)n1C. The minimum atomic E-state index is -3.26. The van der Waals surface area contributed by atoms with Crippen LogP contribution in [0.25, 0.3) is 5.69 Å². The first-order chi connectivity index (χ1) is 11.9. The molecular formula is C18H20N3O3P. The van der Waals surface area contributed by atoms with E-state index in [2.05, 4.69) is 5.09 Å². The lowest BCUT2D eigenvalue weighted by Crippen LogP contribution is -2.20. The summed E-state index contributed by atoms with van der Waals surface area (Å²) in [4.78, 5) is 12.8. The van der Waals surface area contributed by atoms with Gasteiger partial charge in [-0.1, -0.05) is 36.4 Å². The van der Waals surface area contributed by atoms with Crippen molar-refractivity contribution < 1.29 is 9.09 Å². The van der Waals surface area contributed by atoms with Gasteiger partial charge in [-0.25, -0.2) is 4.68 Å². The molecule has 0 amide bonds. The van der Waals surface area contributed by atoms with E-state index in [0.717, 1.165) is 5.69 Å². The lowest BCUT2D eigenvalue weighted by molar-refractivity contribution is 0.493. The summed E-state index contributed by atoms with van der Waals surface area (Å²) >= 11 is 0. The number of benzene rings is 2. The van der Waals surface area contributed by atoms with E-state index >= 15 is 0 Å². The van der Waals surface area contributed by atoms with Gasteiger partial charge in [-0.2, -0.15) is 0 Å². The summed E-state index contributed by atoms with van der Waals surface area (Å²) in [6, 6.07) is 18.2. The van der Waals surface area contributed by atoms with E-state index in [-0.39, 0.29) is 11.2 Å². The average Bonchev–Trinajstić information content (AvgIpc) is 2.79. The molecule has 2 aromatic carbocycles. The van der Waals surface area contributed by atoms with Crippen LogP contribution in [-0.4, -0.2) is 16.0 Å². The largest absolute Gasteiger partial charge is 0.429 e. The number of nitrogens with one attached hydrogen (secondary N) is 1. The Morgan fingerprint density at radius 2 is 1.56 bits per heavy atom. The minimum absolute atomic E-state index is 0.271. The molecule has 1 heterocycles. The van der Waals surface area contributed by atoms with Gasteiger partial charge in [0.1, 0.15) is 11.4 Å². The van der Waals surface area contributed by atoms with Crippen LogP contribution in [0.1, 0.15) is 5.69 Å². The quantitative estimate of drug-likeness (QED) is 0.706. The highest BCUT2D eigenvalue weighted by atomic mass is 31.2. The summed E-state index contributed by atoms with van der Waals surface area (Å²) in [6.45, 7) is 3.25. The Morgan fingerprint density at radius 1 is 1.00 bits per heavy atom. The van der Waals surface area contributed by atoms with Crippen LogP contribution in [0.3, 0.4) is 0 Å². The van der Waals surface area contributed by atoms with E-state index in [1.165, 1.54) is 11.3 Å². The highest BCUT2D eigenvalue weighted by molar-refractivity contribution is 7.60. The molecule has 1 atom stereocenters. The Balaban J connectivity index is 1.96. The molecular weight excluding hydrogens is 337 g/mol. The number of hydrogen-bond acceptors (Lipinski definition) is 3. The molecule has 6 nitrogen and oxygen atoms in total. The molecule has 0 aliphatic heterocycles. The molecule has 0 fully saturated rings. The van der Waals surface area contributed by atoms with Crippen LogP contribution in [0.4, 0.5) is 5.69 Å². The van der Waals surface area contributed by atoms with E-state index in [1.54, 1.807) is 42.9 Å². The van der Waals surface area contributed by atoms with Crippen molar-refractivity contribution in [2.75, 3.05) is 11.8 Å². The van der Waals surface area contributed by atoms with Gasteiger partial charge >= 0.3 is 7.52 Å². The van der Waals surface area contributed by atoms with Gasteiger partial charge in [0.25, 0.3) is 5.56 Å². The predicted octanol–water partition coefficient (Wildman–Crippen LogP) is 3.80. The second kappa shape index (κ2) is 6.65. The van der Waals surface area contributed by atoms with E-state index in [1.807, 2.05) is 36.4 Å². The van der Waals surface area contributed by atoms with Gasteiger partial charge in [0, 0.05) is 13.7 Å². The molecule has 0 saturated carbocycles. The topological polar surface area (TPSA) is 65.3 Å². The molecule has 0 spiro atoms. The summed E-state index contributed by atoms with van der Waals surface area (Å²) in [6.07, 6.45) is 0. The zero-order valence-electron chi connectivity index (χ0n) is 14.3. The second-order valence-electron chi connectivity index (χ2n) is 5.80. The lowest BCUT2D eigenvalue weighted by atomic mass is 10.3. The van der Waals surface area contributed by atoms with Gasteiger partial charge in [0.15, 0.2) is 0 Å². The van der Waals surface area contributed by atoms with Crippen molar-refractivity contribution in [3.8, 4) is 11.4 Å². The van der Waals surface area contributed by atoms with Gasteiger partial charge in [-0.15, -0.1) is 0 Å². The summed E-state index contributed by atoms with van der Waals surface area (Å²) in [7, 11) is -1.48. The van der Waals surface area contributed by atoms with Crippen molar-refractivity contribution in [1.82, 2.24) is 9.36 Å². The van der Waals surface area contributed by atoms with Gasteiger partial charge < -0.3 is 4.52 Å². The molecule has 0 bridgehead atoms. The fourth-order valence-electron chi connectivity index (χ4n) is 2.61. The van der Waals surface area contributed by atoms with Gasteiger partial charge in [0.05, 0.1) is 11.4 Å². The summed E-state index contributed by atoms with van der Waals surface area (Å²) in [5.41, 5.74) is 1.41. The molecule has 130 valence electrons. The van der Waals surface area contributed by atoms with E-state index in [4.69, 9.17) is 4.52 Å².